The molecule has 0 bridgehead atoms. The molecule has 2 unspecified atom stereocenters. The van der Waals surface area contributed by atoms with Gasteiger partial charge in [0.1, 0.15) is 5.54 Å². The van der Waals surface area contributed by atoms with Gasteiger partial charge in [0.25, 0.3) is 0 Å². The molecule has 0 radical (unpaired) electrons. The Labute approximate surface area is 111 Å². The van der Waals surface area contributed by atoms with Crippen molar-refractivity contribution in [2.45, 2.75) is 50.7 Å². The third-order valence-electron chi connectivity index (χ3n) is 4.18. The zero-order valence-corrected chi connectivity index (χ0v) is 12.3. The van der Waals surface area contributed by atoms with Crippen LogP contribution in [-0.2, 0) is 4.74 Å². The highest BCUT2D eigenvalue weighted by Crippen LogP contribution is 2.24. The van der Waals surface area contributed by atoms with Crippen molar-refractivity contribution in [1.82, 2.24) is 10.2 Å². The number of likely N-dealkylation sites (tertiary alicyclic amines) is 1. The van der Waals surface area contributed by atoms with Crippen LogP contribution in [0.1, 0.15) is 39.5 Å². The maximum Gasteiger partial charge on any atom is 0.103 e. The van der Waals surface area contributed by atoms with Gasteiger partial charge in [-0.25, -0.2) is 0 Å². The van der Waals surface area contributed by atoms with Crippen LogP contribution in [0.2, 0.25) is 0 Å². The fraction of sp³-hybridized carbons (Fsp3) is 0.929. The van der Waals surface area contributed by atoms with Gasteiger partial charge >= 0.3 is 0 Å². The summed E-state index contributed by atoms with van der Waals surface area (Å²) in [6.07, 6.45) is 4.28. The number of piperidine rings is 1. The summed E-state index contributed by atoms with van der Waals surface area (Å²) in [5.41, 5.74) is -0.375. The number of nitriles is 1. The van der Waals surface area contributed by atoms with Gasteiger partial charge in [0.2, 0.25) is 0 Å². The van der Waals surface area contributed by atoms with Crippen LogP contribution in [0.25, 0.3) is 0 Å². The highest BCUT2D eigenvalue weighted by molar-refractivity contribution is 5.02. The Morgan fingerprint density at radius 1 is 1.56 bits per heavy atom. The molecule has 0 aliphatic carbocycles. The van der Waals surface area contributed by atoms with E-state index >= 15 is 0 Å². The number of rotatable bonds is 6. The van der Waals surface area contributed by atoms with Gasteiger partial charge in [0.05, 0.1) is 11.7 Å². The molecule has 4 nitrogen and oxygen atoms in total. The lowest BCUT2D eigenvalue weighted by molar-refractivity contribution is -0.0509. The Hall–Kier alpha value is -0.630. The second-order valence-electron chi connectivity index (χ2n) is 5.83. The normalized spacial score (nSPS) is 28.6. The first-order valence-electron chi connectivity index (χ1n) is 6.85. The second kappa shape index (κ2) is 6.51. The molecule has 18 heavy (non-hydrogen) atoms. The summed E-state index contributed by atoms with van der Waals surface area (Å²) in [5, 5.41) is 12.2. The van der Waals surface area contributed by atoms with E-state index in [1.54, 1.807) is 7.11 Å². The first-order valence-corrected chi connectivity index (χ1v) is 6.85. The van der Waals surface area contributed by atoms with E-state index in [-0.39, 0.29) is 11.1 Å². The number of hydrogen-bond acceptors (Lipinski definition) is 4. The van der Waals surface area contributed by atoms with Crippen LogP contribution in [0.15, 0.2) is 0 Å². The minimum atomic E-state index is -0.389. The highest BCUT2D eigenvalue weighted by atomic mass is 16.5. The van der Waals surface area contributed by atoms with Crippen LogP contribution in [0.4, 0.5) is 0 Å². The smallest absolute Gasteiger partial charge is 0.103 e. The average Bonchev–Trinajstić information content (AvgIpc) is 2.39. The van der Waals surface area contributed by atoms with E-state index in [0.717, 1.165) is 38.9 Å². The lowest BCUT2D eigenvalue weighted by Gasteiger charge is -2.39. The lowest BCUT2D eigenvalue weighted by atomic mass is 9.93. The summed E-state index contributed by atoms with van der Waals surface area (Å²) in [4.78, 5) is 2.46. The van der Waals surface area contributed by atoms with Crippen LogP contribution in [0, 0.1) is 11.3 Å². The SMILES string of the molecule is CNC(C)(C#N)CCCN1CCCC(C)(OC)C1. The fourth-order valence-corrected chi connectivity index (χ4v) is 2.56. The minimum Gasteiger partial charge on any atom is -0.377 e. The van der Waals surface area contributed by atoms with Crippen molar-refractivity contribution in [3.05, 3.63) is 0 Å². The molecule has 104 valence electrons. The largest absolute Gasteiger partial charge is 0.377 e. The molecule has 0 aromatic rings. The van der Waals surface area contributed by atoms with E-state index in [2.05, 4.69) is 23.2 Å². The molecule has 1 rings (SSSR count). The Morgan fingerprint density at radius 3 is 2.83 bits per heavy atom. The predicted molar refractivity (Wildman–Crippen MR) is 73.4 cm³/mol. The molecule has 0 aromatic carbocycles. The van der Waals surface area contributed by atoms with Gasteiger partial charge in [-0.15, -0.1) is 0 Å². The van der Waals surface area contributed by atoms with Crippen LogP contribution in [-0.4, -0.2) is 49.8 Å². The van der Waals surface area contributed by atoms with E-state index in [0.29, 0.717) is 0 Å². The standard InChI is InChI=1S/C14H27N3O/c1-13(11-15,16-3)7-5-9-17-10-6-8-14(2,12-17)18-4/h16H,5-10,12H2,1-4H3. The summed E-state index contributed by atoms with van der Waals surface area (Å²) >= 11 is 0. The average molecular weight is 253 g/mol. The van der Waals surface area contributed by atoms with Crippen molar-refractivity contribution in [1.29, 1.82) is 5.26 Å². The predicted octanol–water partition coefficient (Wildman–Crippen LogP) is 1.77. The summed E-state index contributed by atoms with van der Waals surface area (Å²) < 4.78 is 5.59. The molecule has 2 atom stereocenters. The summed E-state index contributed by atoms with van der Waals surface area (Å²) in [7, 11) is 3.66. The number of nitrogens with zero attached hydrogens (tertiary/aromatic N) is 2. The molecular weight excluding hydrogens is 226 g/mol. The zero-order valence-electron chi connectivity index (χ0n) is 12.3. The van der Waals surface area contributed by atoms with Crippen molar-refractivity contribution in [3.8, 4) is 6.07 Å². The Morgan fingerprint density at radius 2 is 2.28 bits per heavy atom. The van der Waals surface area contributed by atoms with Gasteiger partial charge in [0, 0.05) is 13.7 Å². The van der Waals surface area contributed by atoms with E-state index in [1.807, 2.05) is 14.0 Å². The third-order valence-corrected chi connectivity index (χ3v) is 4.18. The van der Waals surface area contributed by atoms with E-state index < -0.39 is 0 Å². The molecule has 0 amide bonds. The first kappa shape index (κ1) is 15.4. The van der Waals surface area contributed by atoms with Gasteiger partial charge in [-0.1, -0.05) is 0 Å². The molecule has 0 saturated carbocycles. The molecule has 4 heteroatoms. The van der Waals surface area contributed by atoms with E-state index in [9.17, 15) is 0 Å². The highest BCUT2D eigenvalue weighted by Gasteiger charge is 2.30. The van der Waals surface area contributed by atoms with Gasteiger partial charge in [0.15, 0.2) is 0 Å². The Balaban J connectivity index is 2.34. The number of hydrogen-bond donors (Lipinski definition) is 1. The molecule has 0 spiro atoms. The third kappa shape index (κ3) is 4.24. The molecule has 1 fully saturated rings. The quantitative estimate of drug-likeness (QED) is 0.784. The maximum absolute atomic E-state index is 9.10. The number of ether oxygens (including phenoxy) is 1. The summed E-state index contributed by atoms with van der Waals surface area (Å²) in [6.45, 7) is 7.36. The summed E-state index contributed by atoms with van der Waals surface area (Å²) in [5.74, 6) is 0. The Kier molecular flexibility index (Phi) is 5.58. The molecule has 1 aliphatic rings. The van der Waals surface area contributed by atoms with Crippen LogP contribution < -0.4 is 5.32 Å². The maximum atomic E-state index is 9.10. The fourth-order valence-electron chi connectivity index (χ4n) is 2.56. The second-order valence-corrected chi connectivity index (χ2v) is 5.83. The van der Waals surface area contributed by atoms with Crippen molar-refractivity contribution in [3.63, 3.8) is 0 Å². The minimum absolute atomic E-state index is 0.0137. The first-order chi connectivity index (χ1) is 8.47. The summed E-state index contributed by atoms with van der Waals surface area (Å²) in [6, 6.07) is 2.34. The monoisotopic (exact) mass is 253 g/mol. The van der Waals surface area contributed by atoms with Crippen LogP contribution in [0.5, 0.6) is 0 Å². The molecule has 0 aromatic heterocycles. The van der Waals surface area contributed by atoms with Crippen molar-refractivity contribution < 1.29 is 4.74 Å². The van der Waals surface area contributed by atoms with Crippen LogP contribution in [0.3, 0.4) is 0 Å². The molecule has 1 saturated heterocycles. The van der Waals surface area contributed by atoms with E-state index in [1.165, 1.54) is 6.42 Å². The lowest BCUT2D eigenvalue weighted by Crippen LogP contribution is -2.48. The van der Waals surface area contributed by atoms with Gasteiger partial charge < -0.3 is 15.0 Å². The van der Waals surface area contributed by atoms with Gasteiger partial charge in [-0.05, 0) is 59.7 Å². The molecular formula is C14H27N3O. The number of methoxy groups -OCH3 is 1. The van der Waals surface area contributed by atoms with Gasteiger partial charge in [-0.3, -0.25) is 0 Å². The molecule has 1 heterocycles. The Bertz CT molecular complexity index is 302. The van der Waals surface area contributed by atoms with Gasteiger partial charge in [-0.2, -0.15) is 5.26 Å². The molecule has 1 N–H and O–H groups in total. The topological polar surface area (TPSA) is 48.3 Å². The molecule has 1 aliphatic heterocycles. The number of nitrogens with one attached hydrogen (secondary N) is 1. The van der Waals surface area contributed by atoms with Crippen molar-refractivity contribution in [2.24, 2.45) is 0 Å². The van der Waals surface area contributed by atoms with Crippen molar-refractivity contribution in [2.75, 3.05) is 33.8 Å². The zero-order chi connectivity index (χ0) is 13.6. The van der Waals surface area contributed by atoms with Crippen LogP contribution >= 0.6 is 0 Å². The van der Waals surface area contributed by atoms with E-state index in [4.69, 9.17) is 10.00 Å². The van der Waals surface area contributed by atoms with Crippen molar-refractivity contribution >= 4 is 0 Å².